The van der Waals surface area contributed by atoms with Crippen molar-refractivity contribution in [2.45, 2.75) is 33.2 Å². The molecule has 0 aliphatic heterocycles. The Morgan fingerprint density at radius 2 is 1.69 bits per heavy atom. The summed E-state index contributed by atoms with van der Waals surface area (Å²) in [6, 6.07) is 0. The van der Waals surface area contributed by atoms with Crippen molar-refractivity contribution in [2.75, 3.05) is 26.2 Å². The first-order valence-electron chi connectivity index (χ1n) is 5.21. The van der Waals surface area contributed by atoms with E-state index in [0.29, 0.717) is 6.54 Å². The van der Waals surface area contributed by atoms with Gasteiger partial charge >= 0.3 is 0 Å². The molecule has 0 aliphatic rings. The summed E-state index contributed by atoms with van der Waals surface area (Å²) in [4.78, 5) is 13.6. The first-order chi connectivity index (χ1) is 6.41. The summed E-state index contributed by atoms with van der Waals surface area (Å²) in [5.41, 5.74) is 4.86. The third kappa shape index (κ3) is 9.21. The van der Waals surface area contributed by atoms with E-state index < -0.39 is 5.54 Å². The summed E-state index contributed by atoms with van der Waals surface area (Å²) in [5, 5.41) is 2.82. The molecule has 0 spiro atoms. The molecule has 0 saturated carbocycles. The quantitative estimate of drug-likeness (QED) is 0.760. The number of hydrogen-bond donors (Lipinski definition) is 2. The van der Waals surface area contributed by atoms with Gasteiger partial charge in [0.05, 0.1) is 5.54 Å². The number of likely N-dealkylation sites (N-methyl/N-ethyl adjacent to an activating group) is 1. The number of nitrogens with one attached hydrogen (secondary N) is 1. The minimum Gasteiger partial charge on any atom is -0.353 e. The second kappa shape index (κ2) is 10.1. The summed E-state index contributed by atoms with van der Waals surface area (Å²) in [6.45, 7) is 11.2. The summed E-state index contributed by atoms with van der Waals surface area (Å²) in [6.07, 6.45) is 0. The summed E-state index contributed by atoms with van der Waals surface area (Å²) >= 11 is 0. The van der Waals surface area contributed by atoms with Crippen molar-refractivity contribution in [1.29, 1.82) is 0 Å². The maximum Gasteiger partial charge on any atom is 0.239 e. The monoisotopic (exact) mass is 273 g/mol. The minimum atomic E-state index is -0.775. The smallest absolute Gasteiger partial charge is 0.239 e. The van der Waals surface area contributed by atoms with E-state index in [2.05, 4.69) is 24.1 Å². The maximum absolute atomic E-state index is 11.4. The van der Waals surface area contributed by atoms with Crippen LogP contribution in [-0.2, 0) is 4.79 Å². The average molecular weight is 274 g/mol. The Morgan fingerprint density at radius 1 is 1.25 bits per heavy atom. The molecule has 4 nitrogen and oxygen atoms in total. The van der Waals surface area contributed by atoms with E-state index in [0.717, 1.165) is 19.6 Å². The molecule has 6 heteroatoms. The Hall–Kier alpha value is -0.0300. The van der Waals surface area contributed by atoms with Gasteiger partial charge in [-0.3, -0.25) is 4.79 Å². The maximum atomic E-state index is 11.4. The second-order valence-electron chi connectivity index (χ2n) is 4.00. The number of nitrogens with zero attached hydrogens (tertiary/aromatic N) is 1. The predicted molar refractivity (Wildman–Crippen MR) is 73.6 cm³/mol. The van der Waals surface area contributed by atoms with Crippen molar-refractivity contribution in [1.82, 2.24) is 10.2 Å². The zero-order valence-corrected chi connectivity index (χ0v) is 12.2. The first-order valence-corrected chi connectivity index (χ1v) is 5.21. The second-order valence-corrected chi connectivity index (χ2v) is 4.00. The number of hydrogen-bond acceptors (Lipinski definition) is 3. The van der Waals surface area contributed by atoms with Gasteiger partial charge in [0.1, 0.15) is 0 Å². The molecule has 16 heavy (non-hydrogen) atoms. The third-order valence-corrected chi connectivity index (χ3v) is 2.19. The molecule has 0 fully saturated rings. The van der Waals surface area contributed by atoms with Crippen LogP contribution in [0.25, 0.3) is 0 Å². The number of amides is 1. The number of carbonyl (C=O) groups excluding carboxylic acids is 1. The standard InChI is InChI=1S/C10H23N3O.2ClH/c1-5-13(6-2)8-7-12-9(14)10(3,4)11;;/h5-8,11H2,1-4H3,(H,12,14);2*1H. The zero-order valence-electron chi connectivity index (χ0n) is 10.6. The van der Waals surface area contributed by atoms with E-state index in [-0.39, 0.29) is 30.7 Å². The Balaban J connectivity index is -0.000000845. The van der Waals surface area contributed by atoms with Crippen LogP contribution in [0.3, 0.4) is 0 Å². The molecule has 1 amide bonds. The van der Waals surface area contributed by atoms with Gasteiger partial charge in [-0.1, -0.05) is 13.8 Å². The van der Waals surface area contributed by atoms with E-state index >= 15 is 0 Å². The van der Waals surface area contributed by atoms with Crippen LogP contribution < -0.4 is 11.1 Å². The van der Waals surface area contributed by atoms with Crippen molar-refractivity contribution in [3.8, 4) is 0 Å². The lowest BCUT2D eigenvalue weighted by Crippen LogP contribution is -2.50. The van der Waals surface area contributed by atoms with E-state index in [1.54, 1.807) is 13.8 Å². The van der Waals surface area contributed by atoms with Gasteiger partial charge < -0.3 is 16.0 Å². The number of halogens is 2. The average Bonchev–Trinajstić information content (AvgIpc) is 2.10. The van der Waals surface area contributed by atoms with Gasteiger partial charge in [-0.25, -0.2) is 0 Å². The van der Waals surface area contributed by atoms with Crippen LogP contribution in [0.15, 0.2) is 0 Å². The molecule has 3 N–H and O–H groups in total. The van der Waals surface area contributed by atoms with E-state index in [1.807, 2.05) is 0 Å². The molecule has 0 radical (unpaired) electrons. The lowest BCUT2D eigenvalue weighted by atomic mass is 10.1. The Labute approximate surface area is 111 Å². The fourth-order valence-electron chi connectivity index (χ4n) is 1.10. The minimum absolute atomic E-state index is 0. The molecular formula is C10H25Cl2N3O. The highest BCUT2D eigenvalue weighted by atomic mass is 35.5. The van der Waals surface area contributed by atoms with Crippen LogP contribution in [0.1, 0.15) is 27.7 Å². The summed E-state index contributed by atoms with van der Waals surface area (Å²) in [5.74, 6) is -0.0929. The molecule has 0 aliphatic carbocycles. The molecule has 0 saturated heterocycles. The number of nitrogens with two attached hydrogens (primary N) is 1. The van der Waals surface area contributed by atoms with Gasteiger partial charge in [-0.15, -0.1) is 24.8 Å². The largest absolute Gasteiger partial charge is 0.353 e. The SMILES string of the molecule is CCN(CC)CCNC(=O)C(C)(C)N.Cl.Cl. The van der Waals surface area contributed by atoms with Crippen molar-refractivity contribution in [2.24, 2.45) is 5.73 Å². The lowest BCUT2D eigenvalue weighted by Gasteiger charge is -2.21. The van der Waals surface area contributed by atoms with Crippen molar-refractivity contribution >= 4 is 30.7 Å². The molecule has 0 atom stereocenters. The highest BCUT2D eigenvalue weighted by Crippen LogP contribution is 1.95. The summed E-state index contributed by atoms with van der Waals surface area (Å²) < 4.78 is 0. The molecular weight excluding hydrogens is 249 g/mol. The molecule has 0 aromatic carbocycles. The molecule has 0 aromatic heterocycles. The van der Waals surface area contributed by atoms with Gasteiger partial charge in [0.15, 0.2) is 0 Å². The topological polar surface area (TPSA) is 58.4 Å². The Bertz CT molecular complexity index is 179. The molecule has 100 valence electrons. The van der Waals surface area contributed by atoms with Crippen LogP contribution in [-0.4, -0.2) is 42.5 Å². The number of rotatable bonds is 6. The van der Waals surface area contributed by atoms with Crippen molar-refractivity contribution in [3.63, 3.8) is 0 Å². The summed E-state index contributed by atoms with van der Waals surface area (Å²) in [7, 11) is 0. The van der Waals surface area contributed by atoms with Gasteiger partial charge in [-0.05, 0) is 26.9 Å². The van der Waals surface area contributed by atoms with E-state index in [9.17, 15) is 4.79 Å². The normalized spacial score (nSPS) is 10.4. The third-order valence-electron chi connectivity index (χ3n) is 2.19. The van der Waals surface area contributed by atoms with Crippen LogP contribution in [0.2, 0.25) is 0 Å². The van der Waals surface area contributed by atoms with Gasteiger partial charge in [0, 0.05) is 13.1 Å². The van der Waals surface area contributed by atoms with E-state index in [1.165, 1.54) is 0 Å². The van der Waals surface area contributed by atoms with Crippen LogP contribution in [0.4, 0.5) is 0 Å². The van der Waals surface area contributed by atoms with Crippen LogP contribution in [0, 0.1) is 0 Å². The van der Waals surface area contributed by atoms with Crippen LogP contribution in [0.5, 0.6) is 0 Å². The molecule has 0 aromatic rings. The number of carbonyl (C=O) groups is 1. The highest BCUT2D eigenvalue weighted by molar-refractivity contribution is 5.85. The van der Waals surface area contributed by atoms with Gasteiger partial charge in [-0.2, -0.15) is 0 Å². The predicted octanol–water partition coefficient (Wildman–Crippen LogP) is 1.03. The van der Waals surface area contributed by atoms with Gasteiger partial charge in [0.25, 0.3) is 0 Å². The molecule has 0 bridgehead atoms. The molecule has 0 heterocycles. The van der Waals surface area contributed by atoms with Crippen LogP contribution >= 0.6 is 24.8 Å². The molecule has 0 rings (SSSR count). The van der Waals surface area contributed by atoms with E-state index in [4.69, 9.17) is 5.73 Å². The fraction of sp³-hybridized carbons (Fsp3) is 0.900. The fourth-order valence-corrected chi connectivity index (χ4v) is 1.10. The Kier molecular flexibility index (Phi) is 13.5. The zero-order chi connectivity index (χ0) is 11.2. The highest BCUT2D eigenvalue weighted by Gasteiger charge is 2.20. The Morgan fingerprint density at radius 3 is 2.00 bits per heavy atom. The lowest BCUT2D eigenvalue weighted by molar-refractivity contribution is -0.125. The molecule has 0 unspecified atom stereocenters. The van der Waals surface area contributed by atoms with Gasteiger partial charge in [0.2, 0.25) is 5.91 Å². The van der Waals surface area contributed by atoms with Crippen molar-refractivity contribution in [3.05, 3.63) is 0 Å². The van der Waals surface area contributed by atoms with Crippen molar-refractivity contribution < 1.29 is 4.79 Å². The first kappa shape index (κ1) is 21.3.